The Bertz CT molecular complexity index is 302. The molecule has 0 aliphatic heterocycles. The lowest BCUT2D eigenvalue weighted by molar-refractivity contribution is -0.157. The van der Waals surface area contributed by atoms with Crippen LogP contribution in [0.3, 0.4) is 0 Å². The van der Waals surface area contributed by atoms with Gasteiger partial charge in [0.1, 0.15) is 17.2 Å². The molecule has 0 bridgehead atoms. The second-order valence-corrected chi connectivity index (χ2v) is 5.97. The van der Waals surface area contributed by atoms with Crippen molar-refractivity contribution in [1.82, 2.24) is 5.32 Å². The van der Waals surface area contributed by atoms with Crippen LogP contribution in [-0.2, 0) is 14.3 Å². The molecular weight excluding hydrogens is 236 g/mol. The van der Waals surface area contributed by atoms with E-state index in [9.17, 15) is 9.59 Å². The molecule has 0 aromatic heterocycles. The standard InChI is InChI=1S/C12H24N2O4/c1-11(2,3)17-9(15)8(7-13)14-10(16)18-12(4,5)6/h8H,7,13H2,1-6H3,(H,14,16)/t8-/m1/s1. The highest BCUT2D eigenvalue weighted by Crippen LogP contribution is 2.09. The Balaban J connectivity index is 4.44. The zero-order valence-corrected chi connectivity index (χ0v) is 12.0. The zero-order chi connectivity index (χ0) is 14.6. The second-order valence-electron chi connectivity index (χ2n) is 5.97. The molecule has 0 saturated carbocycles. The molecule has 18 heavy (non-hydrogen) atoms. The van der Waals surface area contributed by atoms with Crippen LogP contribution in [0.25, 0.3) is 0 Å². The van der Waals surface area contributed by atoms with Crippen molar-refractivity contribution in [3.63, 3.8) is 0 Å². The summed E-state index contributed by atoms with van der Waals surface area (Å²) >= 11 is 0. The molecular formula is C12H24N2O4. The molecule has 0 radical (unpaired) electrons. The Kier molecular flexibility index (Phi) is 5.60. The fourth-order valence-electron chi connectivity index (χ4n) is 1.04. The molecule has 0 aromatic carbocycles. The van der Waals surface area contributed by atoms with Crippen molar-refractivity contribution < 1.29 is 19.1 Å². The maximum absolute atomic E-state index is 11.7. The molecule has 6 nitrogen and oxygen atoms in total. The van der Waals surface area contributed by atoms with Crippen LogP contribution in [-0.4, -0.2) is 35.9 Å². The van der Waals surface area contributed by atoms with Crippen LogP contribution in [0, 0.1) is 0 Å². The molecule has 0 spiro atoms. The average Bonchev–Trinajstić information content (AvgIpc) is 2.07. The molecule has 0 fully saturated rings. The van der Waals surface area contributed by atoms with Crippen molar-refractivity contribution in [2.75, 3.05) is 6.54 Å². The summed E-state index contributed by atoms with van der Waals surface area (Å²) in [4.78, 5) is 23.2. The number of esters is 1. The van der Waals surface area contributed by atoms with Crippen LogP contribution < -0.4 is 11.1 Å². The first-order chi connectivity index (χ1) is 7.94. The third kappa shape index (κ3) is 7.89. The van der Waals surface area contributed by atoms with Gasteiger partial charge in [0.05, 0.1) is 0 Å². The summed E-state index contributed by atoms with van der Waals surface area (Å²) in [6.07, 6.45) is -0.691. The summed E-state index contributed by atoms with van der Waals surface area (Å²) in [5.74, 6) is -0.573. The Morgan fingerprint density at radius 2 is 1.50 bits per heavy atom. The molecule has 0 aliphatic carbocycles. The van der Waals surface area contributed by atoms with Crippen LogP contribution in [0.5, 0.6) is 0 Å². The number of carbonyl (C=O) groups is 2. The predicted molar refractivity (Wildman–Crippen MR) is 68.1 cm³/mol. The van der Waals surface area contributed by atoms with E-state index in [4.69, 9.17) is 15.2 Å². The third-order valence-corrected chi connectivity index (χ3v) is 1.62. The lowest BCUT2D eigenvalue weighted by Gasteiger charge is -2.25. The Morgan fingerprint density at radius 3 is 1.83 bits per heavy atom. The molecule has 1 atom stereocenters. The van der Waals surface area contributed by atoms with E-state index >= 15 is 0 Å². The van der Waals surface area contributed by atoms with Gasteiger partial charge in [-0.2, -0.15) is 0 Å². The highest BCUT2D eigenvalue weighted by molar-refractivity contribution is 5.81. The van der Waals surface area contributed by atoms with Crippen molar-refractivity contribution in [2.45, 2.75) is 58.8 Å². The fourth-order valence-corrected chi connectivity index (χ4v) is 1.04. The van der Waals surface area contributed by atoms with Gasteiger partial charge in [-0.1, -0.05) is 0 Å². The molecule has 0 heterocycles. The summed E-state index contributed by atoms with van der Waals surface area (Å²) < 4.78 is 10.2. The van der Waals surface area contributed by atoms with E-state index in [0.717, 1.165) is 0 Å². The smallest absolute Gasteiger partial charge is 0.408 e. The molecule has 106 valence electrons. The van der Waals surface area contributed by atoms with E-state index in [1.165, 1.54) is 0 Å². The quantitative estimate of drug-likeness (QED) is 0.744. The molecule has 6 heteroatoms. The number of nitrogens with two attached hydrogens (primary N) is 1. The summed E-state index contributed by atoms with van der Waals surface area (Å²) in [5, 5.41) is 2.38. The molecule has 0 unspecified atom stereocenters. The van der Waals surface area contributed by atoms with Gasteiger partial charge in [0.2, 0.25) is 0 Å². The number of nitrogens with one attached hydrogen (secondary N) is 1. The molecule has 1 amide bonds. The number of alkyl carbamates (subject to hydrolysis) is 1. The van der Waals surface area contributed by atoms with Gasteiger partial charge in [-0.15, -0.1) is 0 Å². The van der Waals surface area contributed by atoms with Crippen molar-refractivity contribution in [3.8, 4) is 0 Å². The number of hydrogen-bond acceptors (Lipinski definition) is 5. The summed E-state index contributed by atoms with van der Waals surface area (Å²) in [5.41, 5.74) is 4.18. The Hall–Kier alpha value is -1.30. The molecule has 0 saturated heterocycles. The fraction of sp³-hybridized carbons (Fsp3) is 0.833. The summed E-state index contributed by atoms with van der Waals surface area (Å²) in [6, 6.07) is -0.904. The van der Waals surface area contributed by atoms with Crippen LogP contribution >= 0.6 is 0 Å². The minimum atomic E-state index is -0.904. The molecule has 0 aliphatic rings. The van der Waals surface area contributed by atoms with Gasteiger partial charge in [-0.3, -0.25) is 0 Å². The SMILES string of the molecule is CC(C)(C)OC(=O)N[C@H](CN)C(=O)OC(C)(C)C. The first kappa shape index (κ1) is 16.7. The molecule has 0 rings (SSSR count). The zero-order valence-electron chi connectivity index (χ0n) is 12.0. The normalized spacial score (nSPS) is 13.7. The largest absolute Gasteiger partial charge is 0.458 e. The van der Waals surface area contributed by atoms with Crippen molar-refractivity contribution >= 4 is 12.1 Å². The maximum atomic E-state index is 11.7. The van der Waals surface area contributed by atoms with Crippen LogP contribution in [0.2, 0.25) is 0 Å². The van der Waals surface area contributed by atoms with Gasteiger partial charge < -0.3 is 20.5 Å². The van der Waals surface area contributed by atoms with Crippen LogP contribution in [0.15, 0.2) is 0 Å². The van der Waals surface area contributed by atoms with Crippen LogP contribution in [0.4, 0.5) is 4.79 Å². The van der Waals surface area contributed by atoms with E-state index in [0.29, 0.717) is 0 Å². The van der Waals surface area contributed by atoms with Gasteiger partial charge in [0.25, 0.3) is 0 Å². The minimum absolute atomic E-state index is 0.0475. The summed E-state index contributed by atoms with van der Waals surface area (Å²) in [6.45, 7) is 10.4. The average molecular weight is 260 g/mol. The number of hydrogen-bond donors (Lipinski definition) is 2. The Morgan fingerprint density at radius 1 is 1.06 bits per heavy atom. The number of rotatable bonds is 3. The van der Waals surface area contributed by atoms with Gasteiger partial charge in [-0.25, -0.2) is 9.59 Å². The van der Waals surface area contributed by atoms with E-state index in [1.54, 1.807) is 41.5 Å². The van der Waals surface area contributed by atoms with E-state index in [2.05, 4.69) is 5.32 Å². The van der Waals surface area contributed by atoms with Gasteiger partial charge in [0.15, 0.2) is 0 Å². The third-order valence-electron chi connectivity index (χ3n) is 1.62. The first-order valence-electron chi connectivity index (χ1n) is 5.87. The highest BCUT2D eigenvalue weighted by Gasteiger charge is 2.27. The Labute approximate surface area is 108 Å². The first-order valence-corrected chi connectivity index (χ1v) is 5.87. The van der Waals surface area contributed by atoms with Crippen LogP contribution in [0.1, 0.15) is 41.5 Å². The molecule has 3 N–H and O–H groups in total. The lowest BCUT2D eigenvalue weighted by atomic mass is 10.2. The van der Waals surface area contributed by atoms with Gasteiger partial charge >= 0.3 is 12.1 Å². The molecule has 0 aromatic rings. The van der Waals surface area contributed by atoms with Gasteiger partial charge in [-0.05, 0) is 41.5 Å². The van der Waals surface area contributed by atoms with E-state index in [1.807, 2.05) is 0 Å². The number of ether oxygens (including phenoxy) is 2. The minimum Gasteiger partial charge on any atom is -0.458 e. The maximum Gasteiger partial charge on any atom is 0.408 e. The monoisotopic (exact) mass is 260 g/mol. The number of carbonyl (C=O) groups excluding carboxylic acids is 2. The van der Waals surface area contributed by atoms with Gasteiger partial charge in [0, 0.05) is 6.54 Å². The lowest BCUT2D eigenvalue weighted by Crippen LogP contribution is -2.49. The van der Waals surface area contributed by atoms with Crippen molar-refractivity contribution in [2.24, 2.45) is 5.73 Å². The number of amides is 1. The second kappa shape index (κ2) is 6.04. The van der Waals surface area contributed by atoms with E-state index in [-0.39, 0.29) is 6.54 Å². The topological polar surface area (TPSA) is 90.6 Å². The van der Waals surface area contributed by atoms with E-state index < -0.39 is 29.3 Å². The summed E-state index contributed by atoms with van der Waals surface area (Å²) in [7, 11) is 0. The van der Waals surface area contributed by atoms with Crippen molar-refractivity contribution in [3.05, 3.63) is 0 Å². The highest BCUT2D eigenvalue weighted by atomic mass is 16.6. The predicted octanol–water partition coefficient (Wildman–Crippen LogP) is 1.18. The van der Waals surface area contributed by atoms with Crippen molar-refractivity contribution in [1.29, 1.82) is 0 Å².